The van der Waals surface area contributed by atoms with E-state index in [0.717, 1.165) is 61.6 Å². The minimum absolute atomic E-state index is 0.0391. The highest BCUT2D eigenvalue weighted by molar-refractivity contribution is 6.11. The summed E-state index contributed by atoms with van der Waals surface area (Å²) >= 11 is 0. The number of benzene rings is 10. The van der Waals surface area contributed by atoms with Gasteiger partial charge in [0.1, 0.15) is 5.58 Å². The van der Waals surface area contributed by atoms with Crippen molar-refractivity contribution in [2.45, 2.75) is 19.3 Å². The minimum atomic E-state index is -0.0391. The molecule has 0 saturated carbocycles. The van der Waals surface area contributed by atoms with Gasteiger partial charge in [-0.15, -0.1) is 0 Å². The van der Waals surface area contributed by atoms with Gasteiger partial charge in [-0.1, -0.05) is 153 Å². The van der Waals surface area contributed by atoms with Crippen LogP contribution in [0, 0.1) is 0 Å². The Bertz CT molecular complexity index is 3510. The predicted molar refractivity (Wildman–Crippen MR) is 261 cm³/mol. The van der Waals surface area contributed by atoms with E-state index < -0.39 is 0 Å². The molecule has 3 heteroatoms. The molecule has 0 saturated heterocycles. The summed E-state index contributed by atoms with van der Waals surface area (Å²) in [5.74, 6) is 0. The maximum absolute atomic E-state index is 6.56. The third-order valence-electron chi connectivity index (χ3n) is 13.0. The van der Waals surface area contributed by atoms with Gasteiger partial charge in [-0.2, -0.15) is 0 Å². The van der Waals surface area contributed by atoms with Crippen LogP contribution in [-0.2, 0) is 5.41 Å². The molecule has 0 atom stereocenters. The summed E-state index contributed by atoms with van der Waals surface area (Å²) in [6.45, 7) is 4.68. The van der Waals surface area contributed by atoms with Gasteiger partial charge in [0.05, 0.1) is 5.69 Å². The molecule has 0 aliphatic heterocycles. The lowest BCUT2D eigenvalue weighted by atomic mass is 9.82. The zero-order valence-corrected chi connectivity index (χ0v) is 34.6. The van der Waals surface area contributed by atoms with Gasteiger partial charge in [0.25, 0.3) is 0 Å². The molecule has 10 aromatic carbocycles. The zero-order chi connectivity index (χ0) is 41.4. The van der Waals surface area contributed by atoms with Gasteiger partial charge in [-0.05, 0) is 134 Å². The second kappa shape index (κ2) is 14.1. The minimum Gasteiger partial charge on any atom is -0.454 e. The van der Waals surface area contributed by atoms with Crippen LogP contribution in [0.1, 0.15) is 25.0 Å². The van der Waals surface area contributed by atoms with E-state index in [1.807, 2.05) is 12.1 Å². The van der Waals surface area contributed by atoms with Crippen LogP contribution in [0.25, 0.3) is 65.7 Å². The molecule has 0 spiro atoms. The number of hydrogen-bond acceptors (Lipinski definition) is 3. The highest BCUT2D eigenvalue weighted by atomic mass is 16.3. The molecule has 0 amide bonds. The first-order chi connectivity index (χ1) is 30.5. The molecular formula is C59H42N2O. The molecule has 3 nitrogen and oxygen atoms in total. The number of para-hydroxylation sites is 4. The topological polar surface area (TPSA) is 19.6 Å². The number of hydrogen-bond donors (Lipinski definition) is 0. The summed E-state index contributed by atoms with van der Waals surface area (Å²) in [5.41, 5.74) is 16.0. The van der Waals surface area contributed by atoms with Crippen LogP contribution >= 0.6 is 0 Å². The third-order valence-corrected chi connectivity index (χ3v) is 13.0. The number of rotatable bonds is 7. The maximum atomic E-state index is 6.56. The summed E-state index contributed by atoms with van der Waals surface area (Å²) < 4.78 is 6.56. The Morgan fingerprint density at radius 3 is 1.76 bits per heavy atom. The fraction of sp³-hybridized carbons (Fsp3) is 0.0508. The summed E-state index contributed by atoms with van der Waals surface area (Å²) in [4.78, 5) is 4.70. The lowest BCUT2D eigenvalue weighted by Crippen LogP contribution is -2.15. The quantitative estimate of drug-likeness (QED) is 0.150. The molecule has 1 aromatic heterocycles. The largest absolute Gasteiger partial charge is 0.454 e. The Hall–Kier alpha value is -7.88. The van der Waals surface area contributed by atoms with E-state index in [-0.39, 0.29) is 5.41 Å². The van der Waals surface area contributed by atoms with Crippen LogP contribution < -0.4 is 9.80 Å². The highest BCUT2D eigenvalue weighted by Crippen LogP contribution is 2.51. The van der Waals surface area contributed by atoms with Crippen molar-refractivity contribution in [3.05, 3.63) is 230 Å². The molecule has 0 bridgehead atoms. The molecule has 0 fully saturated rings. The van der Waals surface area contributed by atoms with Gasteiger partial charge in [0.15, 0.2) is 5.58 Å². The van der Waals surface area contributed by atoms with Gasteiger partial charge >= 0.3 is 0 Å². The second-order valence-electron chi connectivity index (χ2n) is 17.0. The molecule has 1 heterocycles. The average Bonchev–Trinajstić information content (AvgIpc) is 3.82. The van der Waals surface area contributed by atoms with Crippen molar-refractivity contribution in [1.82, 2.24) is 0 Å². The van der Waals surface area contributed by atoms with Crippen LogP contribution in [0.3, 0.4) is 0 Å². The Morgan fingerprint density at radius 2 is 0.935 bits per heavy atom. The Balaban J connectivity index is 0.927. The van der Waals surface area contributed by atoms with Crippen LogP contribution in [-0.4, -0.2) is 0 Å². The number of fused-ring (bicyclic) bond motifs is 9. The van der Waals surface area contributed by atoms with Crippen LogP contribution in [0.15, 0.2) is 223 Å². The van der Waals surface area contributed by atoms with Crippen molar-refractivity contribution < 1.29 is 4.42 Å². The van der Waals surface area contributed by atoms with E-state index in [4.69, 9.17) is 4.42 Å². The number of anilines is 6. The maximum Gasteiger partial charge on any atom is 0.159 e. The van der Waals surface area contributed by atoms with Crippen LogP contribution in [0.2, 0.25) is 0 Å². The van der Waals surface area contributed by atoms with Crippen molar-refractivity contribution in [2.24, 2.45) is 0 Å². The Morgan fingerprint density at radius 1 is 0.355 bits per heavy atom. The zero-order valence-electron chi connectivity index (χ0n) is 34.6. The van der Waals surface area contributed by atoms with Crippen LogP contribution in [0.4, 0.5) is 34.1 Å². The average molecular weight is 795 g/mol. The Labute approximate surface area is 361 Å². The summed E-state index contributed by atoms with van der Waals surface area (Å²) in [7, 11) is 0. The second-order valence-corrected chi connectivity index (χ2v) is 17.0. The SMILES string of the molecule is CC1(C)c2ccccc2-c2cc(N(c3ccccc3)c3ccc4c(ccc5cc(-c6cccc(N(c7ccccc7)c7cccc8c7oc7ccccc78)c6)ccc54)c3)ccc21. The molecular weight excluding hydrogens is 753 g/mol. The summed E-state index contributed by atoms with van der Waals surface area (Å²) in [6.07, 6.45) is 0. The molecule has 294 valence electrons. The smallest absolute Gasteiger partial charge is 0.159 e. The molecule has 1 aliphatic rings. The van der Waals surface area contributed by atoms with Gasteiger partial charge in [-0.3, -0.25) is 0 Å². The van der Waals surface area contributed by atoms with E-state index >= 15 is 0 Å². The third kappa shape index (κ3) is 5.73. The normalized spacial score (nSPS) is 12.8. The molecule has 11 aromatic rings. The fourth-order valence-electron chi connectivity index (χ4n) is 9.99. The first kappa shape index (κ1) is 36.0. The van der Waals surface area contributed by atoms with Crippen molar-refractivity contribution in [3.8, 4) is 22.3 Å². The van der Waals surface area contributed by atoms with E-state index in [0.29, 0.717) is 0 Å². The Kier molecular flexibility index (Phi) is 8.20. The number of nitrogens with zero attached hydrogens (tertiary/aromatic N) is 2. The monoisotopic (exact) mass is 794 g/mol. The molecule has 0 unspecified atom stereocenters. The lowest BCUT2D eigenvalue weighted by molar-refractivity contribution is 0.660. The molecule has 12 rings (SSSR count). The van der Waals surface area contributed by atoms with E-state index in [1.54, 1.807) is 0 Å². The standard InChI is InChI=1S/C59H42N2O/c1-59(2)54-24-11-9-21-50(54)53-38-47(31-34-55(53)59)60(43-16-5-3-6-17-43)46-30-33-49-42(37-46)28-27-41-35-40(29-32-48(41)49)39-15-13-20-45(36-39)61(44-18-7-4-8-19-44)56-25-14-23-52-51-22-10-12-26-57(51)62-58(52)56/h3-38H,1-2H3. The van der Waals surface area contributed by atoms with Gasteiger partial charge in [-0.25, -0.2) is 0 Å². The predicted octanol–water partition coefficient (Wildman–Crippen LogP) is 16.8. The van der Waals surface area contributed by atoms with E-state index in [2.05, 4.69) is 230 Å². The van der Waals surface area contributed by atoms with E-state index in [1.165, 1.54) is 49.4 Å². The lowest BCUT2D eigenvalue weighted by Gasteiger charge is -2.27. The van der Waals surface area contributed by atoms with Crippen LogP contribution in [0.5, 0.6) is 0 Å². The van der Waals surface area contributed by atoms with Crippen molar-refractivity contribution in [3.63, 3.8) is 0 Å². The van der Waals surface area contributed by atoms with Crippen molar-refractivity contribution in [1.29, 1.82) is 0 Å². The summed E-state index contributed by atoms with van der Waals surface area (Å²) in [6, 6.07) is 79.1. The fourth-order valence-corrected chi connectivity index (χ4v) is 9.99. The van der Waals surface area contributed by atoms with Crippen molar-refractivity contribution in [2.75, 3.05) is 9.80 Å². The van der Waals surface area contributed by atoms with Gasteiger partial charge in [0.2, 0.25) is 0 Å². The number of furan rings is 1. The van der Waals surface area contributed by atoms with E-state index in [9.17, 15) is 0 Å². The highest BCUT2D eigenvalue weighted by Gasteiger charge is 2.35. The van der Waals surface area contributed by atoms with Crippen molar-refractivity contribution >= 4 is 77.6 Å². The molecule has 0 radical (unpaired) electrons. The molecule has 1 aliphatic carbocycles. The first-order valence-corrected chi connectivity index (χ1v) is 21.4. The summed E-state index contributed by atoms with van der Waals surface area (Å²) in [5, 5.41) is 7.11. The molecule has 0 N–H and O–H groups in total. The molecule has 62 heavy (non-hydrogen) atoms. The van der Waals surface area contributed by atoms with Gasteiger partial charge < -0.3 is 14.2 Å². The first-order valence-electron chi connectivity index (χ1n) is 21.4. The van der Waals surface area contributed by atoms with Gasteiger partial charge in [0, 0.05) is 44.6 Å².